The lowest BCUT2D eigenvalue weighted by molar-refractivity contribution is -0.244. The van der Waals surface area contributed by atoms with Crippen molar-refractivity contribution < 1.29 is 34.3 Å². The van der Waals surface area contributed by atoms with Gasteiger partial charge in [-0.15, -0.1) is 11.8 Å². The number of carbonyl (C=O) groups is 1. The summed E-state index contributed by atoms with van der Waals surface area (Å²) in [5.41, 5.74) is 4.45. The fraction of sp³-hybridized carbons (Fsp3) is 0.478. The summed E-state index contributed by atoms with van der Waals surface area (Å²) in [7, 11) is 1.17. The molecule has 3 heterocycles. The summed E-state index contributed by atoms with van der Waals surface area (Å²) in [6, 6.07) is 7.37. The van der Waals surface area contributed by atoms with Gasteiger partial charge in [0, 0.05) is 5.02 Å². The van der Waals surface area contributed by atoms with E-state index in [-0.39, 0.29) is 4.75 Å². The van der Waals surface area contributed by atoms with Gasteiger partial charge in [-0.2, -0.15) is 11.3 Å². The van der Waals surface area contributed by atoms with Crippen LogP contribution in [0.2, 0.25) is 5.02 Å². The van der Waals surface area contributed by atoms with Gasteiger partial charge in [0.15, 0.2) is 0 Å². The van der Waals surface area contributed by atoms with E-state index in [9.17, 15) is 20.1 Å². The molecule has 1 aromatic carbocycles. The maximum atomic E-state index is 11.5. The summed E-state index contributed by atoms with van der Waals surface area (Å²) in [6.45, 7) is 2.13. The second kappa shape index (κ2) is 10.5. The molecule has 0 radical (unpaired) electrons. The number of aliphatic hydroxyl groups excluding tert-OH is 3. The van der Waals surface area contributed by atoms with E-state index in [1.54, 1.807) is 35.2 Å². The molecule has 0 aliphatic carbocycles. The van der Waals surface area contributed by atoms with Crippen molar-refractivity contribution in [1.82, 2.24) is 0 Å². The monoisotopic (exact) mass is 527 g/mol. The quantitative estimate of drug-likeness (QED) is 0.490. The second-order valence-corrected chi connectivity index (χ2v) is 10.8. The summed E-state index contributed by atoms with van der Waals surface area (Å²) in [6.07, 6.45) is -7.72. The van der Waals surface area contributed by atoms with Gasteiger partial charge in [0.25, 0.3) is 0 Å². The molecule has 0 spiro atoms. The number of aliphatic imine (C=N–C) groups is 1. The van der Waals surface area contributed by atoms with Crippen molar-refractivity contribution >= 4 is 46.4 Å². The van der Waals surface area contributed by atoms with E-state index in [2.05, 4.69) is 21.2 Å². The molecular formula is C23H26ClNO7S2. The molecule has 1 fully saturated rings. The molecule has 3 N–H and O–H groups in total. The smallest absolute Gasteiger partial charge is 0.438 e. The number of methoxy groups -OCH3 is 1. The lowest BCUT2D eigenvalue weighted by Crippen LogP contribution is -2.57. The maximum Gasteiger partial charge on any atom is 0.508 e. The van der Waals surface area contributed by atoms with Gasteiger partial charge >= 0.3 is 6.16 Å². The number of ether oxygens (including phenoxy) is 3. The third kappa shape index (κ3) is 4.99. The van der Waals surface area contributed by atoms with Gasteiger partial charge in [0.2, 0.25) is 0 Å². The van der Waals surface area contributed by atoms with E-state index < -0.39 is 42.8 Å². The molecule has 7 atom stereocenters. The van der Waals surface area contributed by atoms with Crippen LogP contribution in [0.25, 0.3) is 0 Å². The Hall–Kier alpha value is -1.66. The predicted octanol–water partition coefficient (Wildman–Crippen LogP) is 3.31. The molecule has 2 aromatic rings. The molecule has 8 nitrogen and oxygen atoms in total. The molecule has 2 aliphatic heterocycles. The molecule has 4 rings (SSSR count). The fourth-order valence-corrected chi connectivity index (χ4v) is 6.31. The van der Waals surface area contributed by atoms with E-state index in [0.29, 0.717) is 23.6 Å². The van der Waals surface area contributed by atoms with Crippen LogP contribution in [0.4, 0.5) is 4.79 Å². The molecule has 2 unspecified atom stereocenters. The summed E-state index contributed by atoms with van der Waals surface area (Å²) < 4.78 is 15.3. The zero-order valence-corrected chi connectivity index (χ0v) is 20.9. The van der Waals surface area contributed by atoms with Gasteiger partial charge in [-0.3, -0.25) is 4.99 Å². The van der Waals surface area contributed by atoms with Crippen molar-refractivity contribution in [3.63, 3.8) is 0 Å². The lowest BCUT2D eigenvalue weighted by atomic mass is 9.87. The number of thioether (sulfide) groups is 1. The Morgan fingerprint density at radius 3 is 2.74 bits per heavy atom. The summed E-state index contributed by atoms with van der Waals surface area (Å²) in [5.74, 6) is 0. The predicted molar refractivity (Wildman–Crippen MR) is 131 cm³/mol. The number of rotatable bonds is 6. The number of carbonyl (C=O) groups excluding carboxylic acids is 1. The SMILES string of the molecule is COC(=O)OC(C)[C@@H]1O[C@@H](c2ccc(Cl)c(CC3(c4ccsc4)CN=CS3)c2)[C@H](O)[C@@H](O)[C@@H]1O. The van der Waals surface area contributed by atoms with Gasteiger partial charge in [-0.25, -0.2) is 4.79 Å². The largest absolute Gasteiger partial charge is 0.508 e. The van der Waals surface area contributed by atoms with Crippen molar-refractivity contribution in [2.24, 2.45) is 4.99 Å². The van der Waals surface area contributed by atoms with Crippen LogP contribution in [0.5, 0.6) is 0 Å². The van der Waals surface area contributed by atoms with Gasteiger partial charge in [-0.1, -0.05) is 23.7 Å². The van der Waals surface area contributed by atoms with Crippen LogP contribution in [0.3, 0.4) is 0 Å². The molecule has 184 valence electrons. The average molecular weight is 528 g/mol. The number of nitrogens with zero attached hydrogens (tertiary/aromatic N) is 1. The van der Waals surface area contributed by atoms with Crippen molar-refractivity contribution in [2.75, 3.05) is 13.7 Å². The van der Waals surface area contributed by atoms with Gasteiger partial charge in [-0.05, 0) is 52.9 Å². The molecule has 11 heteroatoms. The van der Waals surface area contributed by atoms with Crippen LogP contribution in [0.15, 0.2) is 40.0 Å². The molecular weight excluding hydrogens is 502 g/mol. The zero-order valence-electron chi connectivity index (χ0n) is 18.5. The molecule has 1 saturated heterocycles. The topological polar surface area (TPSA) is 118 Å². The van der Waals surface area contributed by atoms with Crippen LogP contribution in [-0.2, 0) is 25.4 Å². The summed E-state index contributed by atoms with van der Waals surface area (Å²) >= 11 is 9.84. The Kier molecular flexibility index (Phi) is 7.88. The van der Waals surface area contributed by atoms with Gasteiger partial charge < -0.3 is 29.5 Å². The van der Waals surface area contributed by atoms with Gasteiger partial charge in [0.05, 0.1) is 23.9 Å². The van der Waals surface area contributed by atoms with Gasteiger partial charge in [0.1, 0.15) is 36.6 Å². The normalized spacial score (nSPS) is 31.9. The molecule has 2 aliphatic rings. The Bertz CT molecular complexity index is 1030. The third-order valence-corrected chi connectivity index (χ3v) is 8.45. The number of aliphatic hydroxyl groups is 3. The van der Waals surface area contributed by atoms with Crippen molar-refractivity contribution in [1.29, 1.82) is 0 Å². The maximum absolute atomic E-state index is 11.5. The third-order valence-electron chi connectivity index (χ3n) is 6.18. The first-order chi connectivity index (χ1) is 16.3. The minimum atomic E-state index is -1.51. The highest BCUT2D eigenvalue weighted by atomic mass is 35.5. The van der Waals surface area contributed by atoms with Crippen LogP contribution >= 0.6 is 34.7 Å². The van der Waals surface area contributed by atoms with E-state index in [4.69, 9.17) is 21.1 Å². The standard InChI is InChI=1S/C23H26ClNO7S2/c1-12(31-22(29)30-2)20-18(27)17(26)19(28)21(32-20)13-3-4-16(24)14(7-13)8-23(10-25-11-34-23)15-5-6-33-9-15/h3-7,9,11-12,17-21,26-28H,8,10H2,1-2H3/t12?,17-,18-,19+,20-,21-,23?/m0/s1. The van der Waals surface area contributed by atoms with E-state index >= 15 is 0 Å². The first kappa shape index (κ1) is 25.4. The minimum Gasteiger partial charge on any atom is -0.438 e. The molecule has 34 heavy (non-hydrogen) atoms. The Balaban J connectivity index is 1.61. The summed E-state index contributed by atoms with van der Waals surface area (Å²) in [4.78, 5) is 16.0. The van der Waals surface area contributed by atoms with Crippen LogP contribution < -0.4 is 0 Å². The Labute approximate surface area is 210 Å². The summed E-state index contributed by atoms with van der Waals surface area (Å²) in [5, 5.41) is 36.4. The highest BCUT2D eigenvalue weighted by Crippen LogP contribution is 2.45. The van der Waals surface area contributed by atoms with Crippen molar-refractivity contribution in [3.8, 4) is 0 Å². The van der Waals surface area contributed by atoms with Crippen molar-refractivity contribution in [3.05, 3.63) is 56.7 Å². The van der Waals surface area contributed by atoms with E-state index in [1.165, 1.54) is 19.6 Å². The fourth-order valence-electron chi connectivity index (χ4n) is 4.29. The zero-order chi connectivity index (χ0) is 24.5. The molecule has 0 bridgehead atoms. The first-order valence-corrected chi connectivity index (χ1v) is 12.9. The second-order valence-electron chi connectivity index (χ2n) is 8.37. The minimum absolute atomic E-state index is 0.282. The lowest BCUT2D eigenvalue weighted by Gasteiger charge is -2.42. The Morgan fingerprint density at radius 2 is 2.09 bits per heavy atom. The highest BCUT2D eigenvalue weighted by molar-refractivity contribution is 8.13. The van der Waals surface area contributed by atoms with Crippen LogP contribution in [0, 0.1) is 0 Å². The van der Waals surface area contributed by atoms with E-state index in [1.807, 2.05) is 17.0 Å². The molecule has 1 aromatic heterocycles. The number of halogens is 1. The number of thiophene rings is 1. The number of benzene rings is 1. The van der Waals surface area contributed by atoms with Crippen LogP contribution in [-0.4, -0.2) is 71.2 Å². The highest BCUT2D eigenvalue weighted by Gasteiger charge is 2.47. The first-order valence-electron chi connectivity index (χ1n) is 10.7. The average Bonchev–Trinajstić information content (AvgIpc) is 3.52. The van der Waals surface area contributed by atoms with Crippen LogP contribution in [0.1, 0.15) is 29.7 Å². The number of hydrogen-bond donors (Lipinski definition) is 3. The van der Waals surface area contributed by atoms with Crippen molar-refractivity contribution in [2.45, 2.75) is 54.7 Å². The molecule has 0 amide bonds. The number of hydrogen-bond acceptors (Lipinski definition) is 10. The van der Waals surface area contributed by atoms with E-state index in [0.717, 1.165) is 5.56 Å². The Morgan fingerprint density at radius 1 is 1.29 bits per heavy atom. The molecule has 0 saturated carbocycles.